The van der Waals surface area contributed by atoms with E-state index in [-0.39, 0.29) is 10.9 Å². The van der Waals surface area contributed by atoms with E-state index in [0.717, 1.165) is 25.9 Å². The van der Waals surface area contributed by atoms with E-state index in [0.29, 0.717) is 18.8 Å². The Hall–Kier alpha value is -1.60. The van der Waals surface area contributed by atoms with Crippen LogP contribution in [0.1, 0.15) is 26.2 Å². The van der Waals surface area contributed by atoms with Gasteiger partial charge in [0, 0.05) is 19.8 Å². The number of anilines is 1. The Morgan fingerprint density at radius 3 is 2.76 bits per heavy atom. The molecule has 0 radical (unpaired) electrons. The zero-order valence-corrected chi connectivity index (χ0v) is 12.9. The van der Waals surface area contributed by atoms with Crippen LogP contribution < -0.4 is 10.0 Å². The molecule has 2 N–H and O–H groups in total. The number of unbranched alkanes of at least 4 members (excludes halogenated alkanes) is 1. The second-order valence-corrected chi connectivity index (χ2v) is 6.43. The molecule has 1 heterocycles. The number of hydrogen-bond donors (Lipinski definition) is 2. The number of guanidine groups is 1. The van der Waals surface area contributed by atoms with E-state index in [1.807, 2.05) is 0 Å². The molecule has 0 aliphatic carbocycles. The third kappa shape index (κ3) is 4.44. The minimum absolute atomic E-state index is 0.242. The number of rotatable bonds is 7. The maximum Gasteiger partial charge on any atom is 0.266 e. The molecule has 0 aromatic heterocycles. The fourth-order valence-corrected chi connectivity index (χ4v) is 3.06. The van der Waals surface area contributed by atoms with Gasteiger partial charge in [-0.1, -0.05) is 25.5 Å². The van der Waals surface area contributed by atoms with Gasteiger partial charge in [-0.15, -0.1) is 0 Å². The molecule has 2 rings (SSSR count). The first-order valence-electron chi connectivity index (χ1n) is 7.14. The Morgan fingerprint density at radius 2 is 1.95 bits per heavy atom. The number of nitrogens with one attached hydrogen (secondary N) is 2. The predicted molar refractivity (Wildman–Crippen MR) is 83.0 cm³/mol. The largest absolute Gasteiger partial charge is 0.381 e. The lowest BCUT2D eigenvalue weighted by Crippen LogP contribution is -2.40. The molecular formula is C14H21N3O3S. The molecule has 0 amide bonds. The monoisotopic (exact) mass is 311 g/mol. The molecule has 6 nitrogen and oxygen atoms in total. The van der Waals surface area contributed by atoms with Gasteiger partial charge in [0.15, 0.2) is 0 Å². The molecule has 21 heavy (non-hydrogen) atoms. The minimum Gasteiger partial charge on any atom is -0.381 e. The van der Waals surface area contributed by atoms with Crippen LogP contribution in [0.2, 0.25) is 0 Å². The Bertz CT molecular complexity index is 599. The van der Waals surface area contributed by atoms with Gasteiger partial charge in [0.2, 0.25) is 5.96 Å². The summed E-state index contributed by atoms with van der Waals surface area (Å²) < 4.78 is 31.9. The summed E-state index contributed by atoms with van der Waals surface area (Å²) in [6.07, 6.45) is 2.94. The molecule has 0 saturated carbocycles. The number of nitrogens with zero attached hydrogens (tertiary/aromatic N) is 1. The molecule has 0 atom stereocenters. The van der Waals surface area contributed by atoms with Crippen molar-refractivity contribution in [3.8, 4) is 0 Å². The van der Waals surface area contributed by atoms with Crippen molar-refractivity contribution in [3.05, 3.63) is 24.3 Å². The second kappa shape index (κ2) is 7.42. The van der Waals surface area contributed by atoms with Crippen LogP contribution in [-0.4, -0.2) is 34.1 Å². The van der Waals surface area contributed by atoms with Crippen LogP contribution >= 0.6 is 0 Å². The Labute approximate surface area is 125 Å². The summed E-state index contributed by atoms with van der Waals surface area (Å²) in [4.78, 5) is 4.47. The standard InChI is InChI=1S/C14H21N3O3S/c1-2-3-10-20-11-6-9-15-14-16-12-7-4-5-8-13(12)21(18,19)17-14/h4-5,7-8H,2-3,6,9-11H2,1H3,(H2,15,16,17). The first-order valence-corrected chi connectivity index (χ1v) is 8.63. The van der Waals surface area contributed by atoms with Gasteiger partial charge in [-0.3, -0.25) is 4.99 Å². The summed E-state index contributed by atoms with van der Waals surface area (Å²) >= 11 is 0. The van der Waals surface area contributed by atoms with Crippen molar-refractivity contribution in [1.82, 2.24) is 4.72 Å². The van der Waals surface area contributed by atoms with Crippen molar-refractivity contribution >= 4 is 21.7 Å². The fraction of sp³-hybridized carbons (Fsp3) is 0.500. The number of ether oxygens (including phenoxy) is 1. The first-order chi connectivity index (χ1) is 10.1. The Balaban J connectivity index is 1.87. The van der Waals surface area contributed by atoms with E-state index in [1.54, 1.807) is 24.3 Å². The van der Waals surface area contributed by atoms with Crippen LogP contribution in [0.25, 0.3) is 0 Å². The van der Waals surface area contributed by atoms with Crippen molar-refractivity contribution in [1.29, 1.82) is 0 Å². The zero-order valence-electron chi connectivity index (χ0n) is 12.1. The SMILES string of the molecule is CCCCOCCCN=C1Nc2ccccc2S(=O)(=O)N1. The van der Waals surface area contributed by atoms with Gasteiger partial charge in [-0.05, 0) is 25.0 Å². The van der Waals surface area contributed by atoms with Gasteiger partial charge in [0.1, 0.15) is 4.90 Å². The molecule has 0 saturated heterocycles. The van der Waals surface area contributed by atoms with Crippen LogP contribution in [0, 0.1) is 0 Å². The van der Waals surface area contributed by atoms with Crippen molar-refractivity contribution in [2.24, 2.45) is 4.99 Å². The van der Waals surface area contributed by atoms with Gasteiger partial charge < -0.3 is 10.1 Å². The van der Waals surface area contributed by atoms with Crippen LogP contribution in [-0.2, 0) is 14.8 Å². The van der Waals surface area contributed by atoms with Crippen LogP contribution in [0.15, 0.2) is 34.2 Å². The summed E-state index contributed by atoms with van der Waals surface area (Å²) in [6, 6.07) is 6.75. The highest BCUT2D eigenvalue weighted by atomic mass is 32.2. The normalized spacial score (nSPS) is 17.9. The third-order valence-electron chi connectivity index (χ3n) is 3.02. The van der Waals surface area contributed by atoms with E-state index >= 15 is 0 Å². The Kier molecular flexibility index (Phi) is 5.58. The zero-order chi connectivity index (χ0) is 15.1. The van der Waals surface area contributed by atoms with Crippen molar-refractivity contribution in [2.45, 2.75) is 31.1 Å². The maximum atomic E-state index is 12.0. The smallest absolute Gasteiger partial charge is 0.266 e. The highest BCUT2D eigenvalue weighted by Gasteiger charge is 2.25. The second-order valence-electron chi connectivity index (χ2n) is 4.78. The quantitative estimate of drug-likeness (QED) is 0.754. The van der Waals surface area contributed by atoms with E-state index in [4.69, 9.17) is 4.74 Å². The molecule has 1 aromatic carbocycles. The third-order valence-corrected chi connectivity index (χ3v) is 4.42. The molecule has 1 aliphatic rings. The van der Waals surface area contributed by atoms with Crippen molar-refractivity contribution in [3.63, 3.8) is 0 Å². The topological polar surface area (TPSA) is 79.8 Å². The van der Waals surface area contributed by atoms with Gasteiger partial charge in [-0.2, -0.15) is 0 Å². The average Bonchev–Trinajstić information content (AvgIpc) is 2.46. The van der Waals surface area contributed by atoms with Gasteiger partial charge in [0.05, 0.1) is 5.69 Å². The first kappa shape index (κ1) is 15.8. The van der Waals surface area contributed by atoms with Gasteiger partial charge >= 0.3 is 0 Å². The lowest BCUT2D eigenvalue weighted by Gasteiger charge is -2.21. The average molecular weight is 311 g/mol. The van der Waals surface area contributed by atoms with E-state index < -0.39 is 10.0 Å². The molecule has 0 unspecified atom stereocenters. The minimum atomic E-state index is -3.52. The van der Waals surface area contributed by atoms with Crippen molar-refractivity contribution in [2.75, 3.05) is 25.1 Å². The fourth-order valence-electron chi connectivity index (χ4n) is 1.92. The number of hydrogen-bond acceptors (Lipinski definition) is 4. The van der Waals surface area contributed by atoms with Crippen LogP contribution in [0.3, 0.4) is 0 Å². The molecular weight excluding hydrogens is 290 g/mol. The molecule has 1 aromatic rings. The number of benzene rings is 1. The molecule has 0 spiro atoms. The van der Waals surface area contributed by atoms with Crippen LogP contribution in [0.5, 0.6) is 0 Å². The number of aliphatic imine (C=N–C) groups is 1. The van der Waals surface area contributed by atoms with Crippen molar-refractivity contribution < 1.29 is 13.2 Å². The number of sulfonamides is 1. The lowest BCUT2D eigenvalue weighted by molar-refractivity contribution is 0.130. The molecule has 7 heteroatoms. The molecule has 1 aliphatic heterocycles. The summed E-state index contributed by atoms with van der Waals surface area (Å²) in [6.45, 7) is 4.04. The van der Waals surface area contributed by atoms with Gasteiger partial charge in [0.25, 0.3) is 10.0 Å². The van der Waals surface area contributed by atoms with Gasteiger partial charge in [-0.25, -0.2) is 13.1 Å². The number of para-hydroxylation sites is 1. The number of fused-ring (bicyclic) bond motifs is 1. The highest BCUT2D eigenvalue weighted by molar-refractivity contribution is 7.90. The molecule has 0 bridgehead atoms. The molecule has 116 valence electrons. The summed E-state index contributed by atoms with van der Waals surface area (Å²) in [5.74, 6) is 0.266. The molecule has 0 fully saturated rings. The van der Waals surface area contributed by atoms with Crippen LogP contribution in [0.4, 0.5) is 5.69 Å². The Morgan fingerprint density at radius 1 is 1.19 bits per heavy atom. The lowest BCUT2D eigenvalue weighted by atomic mass is 10.3. The van der Waals surface area contributed by atoms with E-state index in [1.165, 1.54) is 0 Å². The highest BCUT2D eigenvalue weighted by Crippen LogP contribution is 2.23. The summed E-state index contributed by atoms with van der Waals surface area (Å²) in [7, 11) is -3.52. The van der Waals surface area contributed by atoms with E-state index in [2.05, 4.69) is 22.0 Å². The summed E-state index contributed by atoms with van der Waals surface area (Å²) in [5, 5.41) is 2.98. The van der Waals surface area contributed by atoms with E-state index in [9.17, 15) is 8.42 Å². The predicted octanol–water partition coefficient (Wildman–Crippen LogP) is 1.95. The summed E-state index contributed by atoms with van der Waals surface area (Å²) in [5.41, 5.74) is 0.550. The maximum absolute atomic E-state index is 12.0.